The summed E-state index contributed by atoms with van der Waals surface area (Å²) >= 11 is 0. The van der Waals surface area contributed by atoms with Gasteiger partial charge >= 0.3 is 5.97 Å². The number of carbonyl (C=O) groups is 2. The van der Waals surface area contributed by atoms with Crippen LogP contribution in [0, 0.1) is 13.8 Å². The van der Waals surface area contributed by atoms with Gasteiger partial charge in [0.05, 0.1) is 18.4 Å². The van der Waals surface area contributed by atoms with E-state index < -0.39 is 11.9 Å². The first kappa shape index (κ1) is 17.3. The minimum atomic E-state index is -1.08. The van der Waals surface area contributed by atoms with Crippen molar-refractivity contribution in [3.8, 4) is 11.5 Å². The van der Waals surface area contributed by atoms with Crippen molar-refractivity contribution < 1.29 is 24.2 Å². The van der Waals surface area contributed by atoms with Crippen LogP contribution < -0.4 is 14.8 Å². The molecule has 0 atom stereocenters. The van der Waals surface area contributed by atoms with E-state index in [1.807, 2.05) is 32.0 Å². The van der Waals surface area contributed by atoms with Crippen LogP contribution in [0.2, 0.25) is 0 Å². The number of benzene rings is 2. The summed E-state index contributed by atoms with van der Waals surface area (Å²) in [6, 6.07) is 9.92. The molecule has 0 fully saturated rings. The molecule has 2 N–H and O–H groups in total. The van der Waals surface area contributed by atoms with Gasteiger partial charge in [-0.2, -0.15) is 0 Å². The van der Waals surface area contributed by atoms with Gasteiger partial charge in [-0.05, 0) is 43.7 Å². The van der Waals surface area contributed by atoms with Gasteiger partial charge in [-0.25, -0.2) is 4.79 Å². The van der Waals surface area contributed by atoms with Crippen LogP contribution in [0.4, 0.5) is 5.69 Å². The van der Waals surface area contributed by atoms with Gasteiger partial charge in [-0.3, -0.25) is 4.79 Å². The number of rotatable bonds is 6. The van der Waals surface area contributed by atoms with E-state index in [4.69, 9.17) is 14.6 Å². The van der Waals surface area contributed by atoms with Crippen LogP contribution in [0.3, 0.4) is 0 Å². The van der Waals surface area contributed by atoms with Crippen molar-refractivity contribution in [3.63, 3.8) is 0 Å². The highest BCUT2D eigenvalue weighted by atomic mass is 16.5. The molecule has 0 bridgehead atoms. The molecule has 24 heavy (non-hydrogen) atoms. The normalized spacial score (nSPS) is 10.1. The number of nitrogens with one attached hydrogen (secondary N) is 1. The number of hydrogen-bond acceptors (Lipinski definition) is 4. The van der Waals surface area contributed by atoms with E-state index >= 15 is 0 Å². The van der Waals surface area contributed by atoms with E-state index in [0.717, 1.165) is 11.1 Å². The lowest BCUT2D eigenvalue weighted by atomic mass is 10.1. The first-order valence-electron chi connectivity index (χ1n) is 7.32. The Hall–Kier alpha value is -3.02. The summed E-state index contributed by atoms with van der Waals surface area (Å²) in [5.74, 6) is -0.489. The Morgan fingerprint density at radius 3 is 2.42 bits per heavy atom. The third-order valence-electron chi connectivity index (χ3n) is 3.41. The number of amides is 1. The van der Waals surface area contributed by atoms with Gasteiger partial charge in [0.1, 0.15) is 11.5 Å². The SMILES string of the molecule is COc1ccc(C(=O)O)cc1NC(=O)COc1ccc(C)cc1C. The highest BCUT2D eigenvalue weighted by Gasteiger charge is 2.12. The monoisotopic (exact) mass is 329 g/mol. The third kappa shape index (κ3) is 4.25. The van der Waals surface area contributed by atoms with Gasteiger partial charge in [-0.15, -0.1) is 0 Å². The minimum absolute atomic E-state index is 0.0568. The molecule has 0 spiro atoms. The summed E-state index contributed by atoms with van der Waals surface area (Å²) < 4.78 is 10.6. The lowest BCUT2D eigenvalue weighted by Gasteiger charge is -2.12. The molecule has 0 unspecified atom stereocenters. The second-order valence-corrected chi connectivity index (χ2v) is 5.33. The predicted octanol–water partition coefficient (Wildman–Crippen LogP) is 3.03. The number of carbonyl (C=O) groups excluding carboxylic acids is 1. The van der Waals surface area contributed by atoms with Crippen molar-refractivity contribution in [1.29, 1.82) is 0 Å². The van der Waals surface area contributed by atoms with Crippen LogP contribution in [0.25, 0.3) is 0 Å². The topological polar surface area (TPSA) is 84.9 Å². The average molecular weight is 329 g/mol. The Morgan fingerprint density at radius 1 is 1.08 bits per heavy atom. The molecule has 0 aliphatic carbocycles. The number of aryl methyl sites for hydroxylation is 2. The number of carboxylic acids is 1. The molecule has 0 heterocycles. The van der Waals surface area contributed by atoms with Crippen LogP contribution in [0.15, 0.2) is 36.4 Å². The fourth-order valence-electron chi connectivity index (χ4n) is 2.23. The molecule has 0 saturated carbocycles. The van der Waals surface area contributed by atoms with Crippen molar-refractivity contribution in [3.05, 3.63) is 53.1 Å². The van der Waals surface area contributed by atoms with Crippen molar-refractivity contribution in [2.24, 2.45) is 0 Å². The Morgan fingerprint density at radius 2 is 1.79 bits per heavy atom. The Balaban J connectivity index is 2.06. The summed E-state index contributed by atoms with van der Waals surface area (Å²) in [4.78, 5) is 23.1. The summed E-state index contributed by atoms with van der Waals surface area (Å²) in [6.07, 6.45) is 0. The lowest BCUT2D eigenvalue weighted by Crippen LogP contribution is -2.21. The molecule has 1 amide bonds. The maximum absolute atomic E-state index is 12.1. The fraction of sp³-hybridized carbons (Fsp3) is 0.222. The molecule has 0 aromatic heterocycles. The number of methoxy groups -OCH3 is 1. The van der Waals surface area contributed by atoms with E-state index in [1.165, 1.54) is 25.3 Å². The zero-order chi connectivity index (χ0) is 17.7. The minimum Gasteiger partial charge on any atom is -0.495 e. The molecular formula is C18H19NO5. The first-order valence-corrected chi connectivity index (χ1v) is 7.32. The zero-order valence-electron chi connectivity index (χ0n) is 13.8. The zero-order valence-corrected chi connectivity index (χ0v) is 13.8. The summed E-state index contributed by atoms with van der Waals surface area (Å²) in [7, 11) is 1.44. The van der Waals surface area contributed by atoms with E-state index in [1.54, 1.807) is 0 Å². The molecule has 0 aliphatic heterocycles. The van der Waals surface area contributed by atoms with Crippen LogP contribution in [-0.2, 0) is 4.79 Å². The summed E-state index contributed by atoms with van der Waals surface area (Å²) in [6.45, 7) is 3.69. The van der Waals surface area contributed by atoms with Crippen molar-refractivity contribution in [1.82, 2.24) is 0 Å². The van der Waals surface area contributed by atoms with Crippen molar-refractivity contribution >= 4 is 17.6 Å². The van der Waals surface area contributed by atoms with Gasteiger partial charge in [0.15, 0.2) is 6.61 Å². The first-order chi connectivity index (χ1) is 11.4. The highest BCUT2D eigenvalue weighted by Crippen LogP contribution is 2.25. The standard InChI is InChI=1S/C18H19NO5/c1-11-4-6-15(12(2)8-11)24-10-17(20)19-14-9-13(18(21)22)5-7-16(14)23-3/h4-9H,10H2,1-3H3,(H,19,20)(H,21,22). The molecule has 6 nitrogen and oxygen atoms in total. The molecule has 126 valence electrons. The Kier molecular flexibility index (Phi) is 5.42. The maximum atomic E-state index is 12.1. The van der Waals surface area contributed by atoms with Crippen LogP contribution >= 0.6 is 0 Å². The lowest BCUT2D eigenvalue weighted by molar-refractivity contribution is -0.118. The van der Waals surface area contributed by atoms with E-state index in [9.17, 15) is 9.59 Å². The second kappa shape index (κ2) is 7.50. The van der Waals surface area contributed by atoms with Crippen LogP contribution in [-0.4, -0.2) is 30.7 Å². The van der Waals surface area contributed by atoms with Gasteiger partial charge < -0.3 is 19.9 Å². The van der Waals surface area contributed by atoms with Gasteiger partial charge in [0.25, 0.3) is 5.91 Å². The van der Waals surface area contributed by atoms with Gasteiger partial charge in [0.2, 0.25) is 0 Å². The number of aromatic carboxylic acids is 1. The Labute approximate surface area is 140 Å². The quantitative estimate of drug-likeness (QED) is 0.851. The summed E-state index contributed by atoms with van der Waals surface area (Å²) in [5.41, 5.74) is 2.39. The van der Waals surface area contributed by atoms with E-state index in [2.05, 4.69) is 5.32 Å². The van der Waals surface area contributed by atoms with E-state index in [0.29, 0.717) is 11.5 Å². The number of anilines is 1. The van der Waals surface area contributed by atoms with Crippen LogP contribution in [0.1, 0.15) is 21.5 Å². The van der Waals surface area contributed by atoms with Crippen molar-refractivity contribution in [2.75, 3.05) is 19.0 Å². The number of carboxylic acid groups (broad SMARTS) is 1. The second-order valence-electron chi connectivity index (χ2n) is 5.33. The van der Waals surface area contributed by atoms with E-state index in [-0.39, 0.29) is 17.9 Å². The molecule has 0 radical (unpaired) electrons. The molecule has 0 aliphatic rings. The molecular weight excluding hydrogens is 310 g/mol. The maximum Gasteiger partial charge on any atom is 0.335 e. The number of hydrogen-bond donors (Lipinski definition) is 2. The largest absolute Gasteiger partial charge is 0.495 e. The highest BCUT2D eigenvalue weighted by molar-refractivity contribution is 5.96. The molecule has 0 saturated heterocycles. The van der Waals surface area contributed by atoms with Crippen LogP contribution in [0.5, 0.6) is 11.5 Å². The average Bonchev–Trinajstić information content (AvgIpc) is 2.53. The Bertz CT molecular complexity index is 770. The molecule has 2 aromatic carbocycles. The van der Waals surface area contributed by atoms with Crippen molar-refractivity contribution in [2.45, 2.75) is 13.8 Å². The van der Waals surface area contributed by atoms with Gasteiger partial charge in [-0.1, -0.05) is 17.7 Å². The fourth-order valence-corrected chi connectivity index (χ4v) is 2.23. The smallest absolute Gasteiger partial charge is 0.335 e. The summed E-state index contributed by atoms with van der Waals surface area (Å²) in [5, 5.41) is 11.6. The van der Waals surface area contributed by atoms with Gasteiger partial charge in [0, 0.05) is 0 Å². The molecule has 2 rings (SSSR count). The predicted molar refractivity (Wildman–Crippen MR) is 90.0 cm³/mol. The molecule has 2 aromatic rings. The number of ether oxygens (including phenoxy) is 2. The molecule has 6 heteroatoms. The third-order valence-corrected chi connectivity index (χ3v) is 3.41.